The first kappa shape index (κ1) is 17.4. The Hall–Kier alpha value is -1.96. The van der Waals surface area contributed by atoms with E-state index >= 15 is 0 Å². The van der Waals surface area contributed by atoms with Gasteiger partial charge in [0.25, 0.3) is 5.91 Å². The number of rotatable bonds is 5. The molecule has 0 aromatic heterocycles. The smallest absolute Gasteiger partial charge is 0.255 e. The lowest BCUT2D eigenvalue weighted by Gasteiger charge is -2.09. The van der Waals surface area contributed by atoms with Gasteiger partial charge in [-0.2, -0.15) is 0 Å². The molecule has 0 saturated carbocycles. The molecule has 0 saturated heterocycles. The van der Waals surface area contributed by atoms with Crippen molar-refractivity contribution in [2.45, 2.75) is 11.8 Å². The minimum atomic E-state index is -3.75. The molecule has 2 aromatic carbocycles. The Morgan fingerprint density at radius 3 is 2.39 bits per heavy atom. The third-order valence-corrected chi connectivity index (χ3v) is 4.74. The fourth-order valence-electron chi connectivity index (χ4n) is 1.83. The number of hydrogen-bond donors (Lipinski definition) is 2. The lowest BCUT2D eigenvalue weighted by Crippen LogP contribution is -2.23. The number of benzene rings is 2. The van der Waals surface area contributed by atoms with Gasteiger partial charge >= 0.3 is 0 Å². The highest BCUT2D eigenvalue weighted by Crippen LogP contribution is 2.20. The second kappa shape index (κ2) is 7.08. The molecule has 23 heavy (non-hydrogen) atoms. The molecule has 8 heteroatoms. The standard InChI is InChI=1S/C15H14ClFN2O3S/c1-2-18-23(21,22)12-7-8-14(13(17)9-12)19-15(20)10-3-5-11(16)6-4-10/h3-9,18H,2H2,1H3,(H,19,20). The number of amides is 1. The van der Waals surface area contributed by atoms with Crippen LogP contribution in [-0.2, 0) is 10.0 Å². The van der Waals surface area contributed by atoms with Crippen LogP contribution in [0.15, 0.2) is 47.4 Å². The van der Waals surface area contributed by atoms with Crippen LogP contribution < -0.4 is 10.0 Å². The van der Waals surface area contributed by atoms with Crippen molar-refractivity contribution in [2.75, 3.05) is 11.9 Å². The van der Waals surface area contributed by atoms with Gasteiger partial charge in [-0.15, -0.1) is 0 Å². The summed E-state index contributed by atoms with van der Waals surface area (Å²) in [5.74, 6) is -1.37. The van der Waals surface area contributed by atoms with Crippen LogP contribution >= 0.6 is 11.6 Å². The first-order valence-corrected chi connectivity index (χ1v) is 8.55. The van der Waals surface area contributed by atoms with Gasteiger partial charge in [0.05, 0.1) is 10.6 Å². The van der Waals surface area contributed by atoms with Crippen LogP contribution in [0, 0.1) is 5.82 Å². The average molecular weight is 357 g/mol. The normalized spacial score (nSPS) is 11.3. The Balaban J connectivity index is 2.21. The molecule has 0 fully saturated rings. The molecular formula is C15H14ClFN2O3S. The number of halogens is 2. The minimum absolute atomic E-state index is 0.111. The fourth-order valence-corrected chi connectivity index (χ4v) is 3.01. The minimum Gasteiger partial charge on any atom is -0.319 e. The number of anilines is 1. The lowest BCUT2D eigenvalue weighted by molar-refractivity contribution is 0.102. The van der Waals surface area contributed by atoms with Crippen molar-refractivity contribution < 1.29 is 17.6 Å². The number of hydrogen-bond acceptors (Lipinski definition) is 3. The number of carbonyl (C=O) groups is 1. The van der Waals surface area contributed by atoms with Crippen molar-refractivity contribution in [2.24, 2.45) is 0 Å². The van der Waals surface area contributed by atoms with Crippen LogP contribution in [0.3, 0.4) is 0 Å². The van der Waals surface area contributed by atoms with Gasteiger partial charge < -0.3 is 5.32 Å². The predicted molar refractivity (Wildman–Crippen MR) is 86.7 cm³/mol. The fraction of sp³-hybridized carbons (Fsp3) is 0.133. The van der Waals surface area contributed by atoms with Crippen molar-refractivity contribution in [3.8, 4) is 0 Å². The van der Waals surface area contributed by atoms with Crippen LogP contribution in [0.2, 0.25) is 5.02 Å². The highest BCUT2D eigenvalue weighted by Gasteiger charge is 2.16. The first-order valence-electron chi connectivity index (χ1n) is 6.69. The third kappa shape index (κ3) is 4.28. The summed E-state index contributed by atoms with van der Waals surface area (Å²) < 4.78 is 39.9. The molecular weight excluding hydrogens is 343 g/mol. The quantitative estimate of drug-likeness (QED) is 0.864. The van der Waals surface area contributed by atoms with E-state index in [1.54, 1.807) is 19.1 Å². The van der Waals surface area contributed by atoms with Crippen LogP contribution in [0.4, 0.5) is 10.1 Å². The number of carbonyl (C=O) groups excluding carboxylic acids is 1. The summed E-state index contributed by atoms with van der Waals surface area (Å²) >= 11 is 5.73. The van der Waals surface area contributed by atoms with Crippen LogP contribution in [-0.4, -0.2) is 20.9 Å². The van der Waals surface area contributed by atoms with E-state index in [1.807, 2.05) is 0 Å². The molecule has 2 N–H and O–H groups in total. The molecule has 0 aliphatic carbocycles. The summed E-state index contributed by atoms with van der Waals surface area (Å²) in [7, 11) is -3.75. The van der Waals surface area contributed by atoms with Gasteiger partial charge in [-0.3, -0.25) is 4.79 Å². The molecule has 122 valence electrons. The van der Waals surface area contributed by atoms with Crippen molar-refractivity contribution in [1.29, 1.82) is 0 Å². The van der Waals surface area contributed by atoms with Crippen LogP contribution in [0.25, 0.3) is 0 Å². The summed E-state index contributed by atoms with van der Waals surface area (Å²) in [5.41, 5.74) is 0.193. The maximum atomic E-state index is 14.0. The highest BCUT2D eigenvalue weighted by atomic mass is 35.5. The zero-order valence-corrected chi connectivity index (χ0v) is 13.7. The molecule has 0 bridgehead atoms. The van der Waals surface area contributed by atoms with Crippen molar-refractivity contribution in [3.63, 3.8) is 0 Å². The monoisotopic (exact) mass is 356 g/mol. The van der Waals surface area contributed by atoms with E-state index in [1.165, 1.54) is 24.3 Å². The van der Waals surface area contributed by atoms with Gasteiger partial charge in [-0.05, 0) is 42.5 Å². The Kier molecular flexibility index (Phi) is 5.35. The Bertz CT molecular complexity index is 823. The number of nitrogens with one attached hydrogen (secondary N) is 2. The zero-order valence-electron chi connectivity index (χ0n) is 12.1. The van der Waals surface area contributed by atoms with E-state index in [0.717, 1.165) is 6.07 Å². The van der Waals surface area contributed by atoms with E-state index in [0.29, 0.717) is 10.6 Å². The van der Waals surface area contributed by atoms with E-state index in [-0.39, 0.29) is 17.1 Å². The Morgan fingerprint density at radius 2 is 1.83 bits per heavy atom. The topological polar surface area (TPSA) is 75.3 Å². The Labute approximate surface area is 138 Å². The van der Waals surface area contributed by atoms with Gasteiger partial charge in [0.15, 0.2) is 0 Å². The largest absolute Gasteiger partial charge is 0.319 e. The average Bonchev–Trinajstić information content (AvgIpc) is 2.49. The van der Waals surface area contributed by atoms with Gasteiger partial charge in [-0.1, -0.05) is 18.5 Å². The molecule has 0 atom stereocenters. The van der Waals surface area contributed by atoms with Crippen molar-refractivity contribution >= 4 is 33.2 Å². The summed E-state index contributed by atoms with van der Waals surface area (Å²) in [6, 6.07) is 9.36. The lowest BCUT2D eigenvalue weighted by atomic mass is 10.2. The van der Waals surface area contributed by atoms with Gasteiger partial charge in [0.1, 0.15) is 5.82 Å². The summed E-state index contributed by atoms with van der Waals surface area (Å²) in [6.45, 7) is 1.81. The predicted octanol–water partition coefficient (Wildman–Crippen LogP) is 3.03. The van der Waals surface area contributed by atoms with Crippen molar-refractivity contribution in [1.82, 2.24) is 4.72 Å². The molecule has 0 heterocycles. The van der Waals surface area contributed by atoms with Gasteiger partial charge in [0.2, 0.25) is 10.0 Å². The molecule has 0 aliphatic rings. The molecule has 2 aromatic rings. The number of sulfonamides is 1. The maximum Gasteiger partial charge on any atom is 0.255 e. The van der Waals surface area contributed by atoms with E-state index in [2.05, 4.69) is 10.0 Å². The highest BCUT2D eigenvalue weighted by molar-refractivity contribution is 7.89. The van der Waals surface area contributed by atoms with Crippen LogP contribution in [0.1, 0.15) is 17.3 Å². The second-order valence-electron chi connectivity index (χ2n) is 4.60. The zero-order chi connectivity index (χ0) is 17.0. The van der Waals surface area contributed by atoms with Gasteiger partial charge in [-0.25, -0.2) is 17.5 Å². The molecule has 2 rings (SSSR count). The maximum absolute atomic E-state index is 14.0. The molecule has 0 aliphatic heterocycles. The summed E-state index contributed by atoms with van der Waals surface area (Å²) in [4.78, 5) is 11.8. The van der Waals surface area contributed by atoms with E-state index in [9.17, 15) is 17.6 Å². The second-order valence-corrected chi connectivity index (χ2v) is 6.81. The molecule has 0 unspecified atom stereocenters. The van der Waals surface area contributed by atoms with Gasteiger partial charge in [0, 0.05) is 17.1 Å². The summed E-state index contributed by atoms with van der Waals surface area (Å²) in [6.07, 6.45) is 0. The van der Waals surface area contributed by atoms with Crippen LogP contribution in [0.5, 0.6) is 0 Å². The molecule has 0 spiro atoms. The Morgan fingerprint density at radius 1 is 1.17 bits per heavy atom. The molecule has 0 radical (unpaired) electrons. The van der Waals surface area contributed by atoms with E-state index < -0.39 is 21.7 Å². The van der Waals surface area contributed by atoms with Crippen molar-refractivity contribution in [3.05, 3.63) is 58.9 Å². The molecule has 5 nitrogen and oxygen atoms in total. The van der Waals surface area contributed by atoms with E-state index in [4.69, 9.17) is 11.6 Å². The SMILES string of the molecule is CCNS(=O)(=O)c1ccc(NC(=O)c2ccc(Cl)cc2)c(F)c1. The molecule has 1 amide bonds. The first-order chi connectivity index (χ1) is 10.8. The summed E-state index contributed by atoms with van der Waals surface area (Å²) in [5, 5.41) is 2.86. The third-order valence-electron chi connectivity index (χ3n) is 2.94.